The van der Waals surface area contributed by atoms with Crippen molar-refractivity contribution in [2.45, 2.75) is 19.3 Å². The Morgan fingerprint density at radius 3 is 2.96 bits per heavy atom. The molecule has 0 spiro atoms. The highest BCUT2D eigenvalue weighted by Gasteiger charge is 2.30. The highest BCUT2D eigenvalue weighted by molar-refractivity contribution is 5.95. The maximum absolute atomic E-state index is 12.7. The Bertz CT molecular complexity index is 870. The van der Waals surface area contributed by atoms with Gasteiger partial charge in [0.25, 0.3) is 5.91 Å². The van der Waals surface area contributed by atoms with Crippen LogP contribution in [0, 0.1) is 6.92 Å². The number of aromatic amines is 1. The average Bonchev–Trinajstić information content (AvgIpc) is 3.22. The molecule has 23 heavy (non-hydrogen) atoms. The molecule has 1 unspecified atom stereocenters. The van der Waals surface area contributed by atoms with Crippen molar-refractivity contribution in [1.29, 1.82) is 0 Å². The van der Waals surface area contributed by atoms with Gasteiger partial charge in [-0.05, 0) is 31.0 Å². The number of nitrogens with one attached hydrogen (secondary N) is 1. The van der Waals surface area contributed by atoms with Crippen molar-refractivity contribution >= 4 is 16.8 Å². The van der Waals surface area contributed by atoms with Crippen molar-refractivity contribution in [1.82, 2.24) is 20.1 Å². The number of carbonyl (C=O) groups is 1. The van der Waals surface area contributed by atoms with E-state index in [1.54, 1.807) is 0 Å². The van der Waals surface area contributed by atoms with E-state index in [9.17, 15) is 4.79 Å². The van der Waals surface area contributed by atoms with Gasteiger partial charge in [0.05, 0.1) is 11.7 Å². The van der Waals surface area contributed by atoms with Gasteiger partial charge in [0.15, 0.2) is 0 Å². The van der Waals surface area contributed by atoms with Crippen molar-refractivity contribution in [3.63, 3.8) is 0 Å². The van der Waals surface area contributed by atoms with Crippen LogP contribution >= 0.6 is 0 Å². The second-order valence-corrected chi connectivity index (χ2v) is 6.09. The molecule has 1 atom stereocenters. The molecule has 1 saturated heterocycles. The number of fused-ring (bicyclic) bond motifs is 1. The highest BCUT2D eigenvalue weighted by Crippen LogP contribution is 2.28. The number of pyridine rings is 1. The highest BCUT2D eigenvalue weighted by atomic mass is 16.2. The summed E-state index contributed by atoms with van der Waals surface area (Å²) in [6, 6.07) is 11.6. The molecule has 0 bridgehead atoms. The third-order valence-corrected chi connectivity index (χ3v) is 4.57. The summed E-state index contributed by atoms with van der Waals surface area (Å²) in [4.78, 5) is 19.1. The van der Waals surface area contributed by atoms with E-state index in [1.165, 1.54) is 0 Å². The van der Waals surface area contributed by atoms with E-state index in [1.807, 2.05) is 54.4 Å². The zero-order valence-corrected chi connectivity index (χ0v) is 13.0. The van der Waals surface area contributed by atoms with Crippen molar-refractivity contribution in [3.8, 4) is 0 Å². The first-order chi connectivity index (χ1) is 11.2. The van der Waals surface area contributed by atoms with Gasteiger partial charge in [0.2, 0.25) is 0 Å². The first kappa shape index (κ1) is 13.9. The van der Waals surface area contributed by atoms with Crippen LogP contribution in [-0.4, -0.2) is 39.1 Å². The molecule has 1 fully saturated rings. The second-order valence-electron chi connectivity index (χ2n) is 6.09. The number of carbonyl (C=O) groups excluding carboxylic acids is 1. The summed E-state index contributed by atoms with van der Waals surface area (Å²) < 4.78 is 0. The topological polar surface area (TPSA) is 61.9 Å². The standard InChI is InChI=1S/C18H18N4O/c1-12-10-19-21-17(12)14-8-9-22(11-14)18(23)16-7-6-13-4-2-3-5-15(13)20-16/h2-7,10,14H,8-9,11H2,1H3,(H,19,21). The van der Waals surface area contributed by atoms with Crippen LogP contribution in [0.5, 0.6) is 0 Å². The van der Waals surface area contributed by atoms with Crippen LogP contribution in [0.25, 0.3) is 10.9 Å². The fourth-order valence-corrected chi connectivity index (χ4v) is 3.30. The van der Waals surface area contributed by atoms with Gasteiger partial charge in [-0.15, -0.1) is 0 Å². The lowest BCUT2D eigenvalue weighted by molar-refractivity contribution is 0.0785. The van der Waals surface area contributed by atoms with Gasteiger partial charge in [-0.25, -0.2) is 4.98 Å². The number of likely N-dealkylation sites (tertiary alicyclic amines) is 1. The predicted molar refractivity (Wildman–Crippen MR) is 88.3 cm³/mol. The van der Waals surface area contributed by atoms with Crippen molar-refractivity contribution in [2.75, 3.05) is 13.1 Å². The molecular weight excluding hydrogens is 288 g/mol. The minimum Gasteiger partial charge on any atom is -0.337 e. The number of aromatic nitrogens is 3. The molecule has 1 N–H and O–H groups in total. The molecule has 5 heteroatoms. The Morgan fingerprint density at radius 2 is 2.13 bits per heavy atom. The Balaban J connectivity index is 1.56. The third-order valence-electron chi connectivity index (χ3n) is 4.57. The maximum atomic E-state index is 12.7. The molecule has 0 aliphatic carbocycles. The molecule has 1 aliphatic rings. The van der Waals surface area contributed by atoms with E-state index < -0.39 is 0 Å². The molecule has 5 nitrogen and oxygen atoms in total. The Hall–Kier alpha value is -2.69. The lowest BCUT2D eigenvalue weighted by Crippen LogP contribution is -2.29. The van der Waals surface area contributed by atoms with Crippen LogP contribution in [0.15, 0.2) is 42.6 Å². The number of amides is 1. The minimum atomic E-state index is 0.00965. The van der Waals surface area contributed by atoms with Crippen molar-refractivity contribution in [2.24, 2.45) is 0 Å². The summed E-state index contributed by atoms with van der Waals surface area (Å²) in [5.74, 6) is 0.345. The smallest absolute Gasteiger partial charge is 0.272 e. The van der Waals surface area contributed by atoms with Crippen molar-refractivity contribution in [3.05, 3.63) is 59.5 Å². The van der Waals surface area contributed by atoms with Crippen LogP contribution in [0.3, 0.4) is 0 Å². The Morgan fingerprint density at radius 1 is 1.26 bits per heavy atom. The molecule has 2 aromatic heterocycles. The third kappa shape index (κ3) is 2.48. The average molecular weight is 306 g/mol. The molecule has 0 saturated carbocycles. The summed E-state index contributed by atoms with van der Waals surface area (Å²) in [6.07, 6.45) is 2.80. The lowest BCUT2D eigenvalue weighted by atomic mass is 10.0. The monoisotopic (exact) mass is 306 g/mol. The fourth-order valence-electron chi connectivity index (χ4n) is 3.30. The number of aryl methyl sites for hydroxylation is 1. The van der Waals surface area contributed by atoms with Gasteiger partial charge < -0.3 is 4.90 Å². The number of hydrogen-bond donors (Lipinski definition) is 1. The largest absolute Gasteiger partial charge is 0.337 e. The molecule has 116 valence electrons. The van der Waals surface area contributed by atoms with Gasteiger partial charge in [0, 0.05) is 30.1 Å². The number of hydrogen-bond acceptors (Lipinski definition) is 3. The quantitative estimate of drug-likeness (QED) is 0.792. The molecule has 1 aromatic carbocycles. The maximum Gasteiger partial charge on any atom is 0.272 e. The van der Waals surface area contributed by atoms with Gasteiger partial charge in [-0.3, -0.25) is 9.89 Å². The van der Waals surface area contributed by atoms with Crippen LogP contribution in [-0.2, 0) is 0 Å². The van der Waals surface area contributed by atoms with Crippen LogP contribution < -0.4 is 0 Å². The first-order valence-electron chi connectivity index (χ1n) is 7.87. The number of nitrogens with zero attached hydrogens (tertiary/aromatic N) is 3. The van der Waals surface area contributed by atoms with Crippen LogP contribution in [0.2, 0.25) is 0 Å². The SMILES string of the molecule is Cc1cn[nH]c1C1CCN(C(=O)c2ccc3ccccc3n2)C1. The molecule has 1 amide bonds. The van der Waals surface area contributed by atoms with Gasteiger partial charge in [0.1, 0.15) is 5.69 Å². The summed E-state index contributed by atoms with van der Waals surface area (Å²) >= 11 is 0. The zero-order chi connectivity index (χ0) is 15.8. The van der Waals surface area contributed by atoms with Crippen LogP contribution in [0.1, 0.15) is 34.1 Å². The lowest BCUT2D eigenvalue weighted by Gasteiger charge is -2.16. The van der Waals surface area contributed by atoms with Crippen molar-refractivity contribution < 1.29 is 4.79 Å². The fraction of sp³-hybridized carbons (Fsp3) is 0.278. The molecule has 0 radical (unpaired) electrons. The Labute approximate surface area is 134 Å². The molecular formula is C18H18N4O. The summed E-state index contributed by atoms with van der Waals surface area (Å²) in [5.41, 5.74) is 3.68. The summed E-state index contributed by atoms with van der Waals surface area (Å²) in [5, 5.41) is 8.21. The number of para-hydroxylation sites is 1. The molecule has 1 aliphatic heterocycles. The van der Waals surface area contributed by atoms with E-state index in [2.05, 4.69) is 15.2 Å². The predicted octanol–water partition coefficient (Wildman–Crippen LogP) is 2.90. The summed E-state index contributed by atoms with van der Waals surface area (Å²) in [7, 11) is 0. The number of H-pyrrole nitrogens is 1. The van der Waals surface area contributed by atoms with E-state index in [4.69, 9.17) is 0 Å². The van der Waals surface area contributed by atoms with Gasteiger partial charge >= 0.3 is 0 Å². The van der Waals surface area contributed by atoms with E-state index >= 15 is 0 Å². The molecule has 3 aromatic rings. The number of rotatable bonds is 2. The van der Waals surface area contributed by atoms with E-state index in [0.29, 0.717) is 11.6 Å². The molecule has 4 rings (SSSR count). The summed E-state index contributed by atoms with van der Waals surface area (Å²) in [6.45, 7) is 3.53. The van der Waals surface area contributed by atoms with E-state index in [-0.39, 0.29) is 5.91 Å². The normalized spacial score (nSPS) is 17.8. The van der Waals surface area contributed by atoms with Gasteiger partial charge in [-0.2, -0.15) is 5.10 Å². The Kier molecular flexibility index (Phi) is 3.33. The van der Waals surface area contributed by atoms with Crippen LogP contribution in [0.4, 0.5) is 0 Å². The second kappa shape index (κ2) is 5.50. The zero-order valence-electron chi connectivity index (χ0n) is 13.0. The molecule has 3 heterocycles. The minimum absolute atomic E-state index is 0.00965. The number of benzene rings is 1. The van der Waals surface area contributed by atoms with E-state index in [0.717, 1.165) is 41.7 Å². The first-order valence-corrected chi connectivity index (χ1v) is 7.87. The van der Waals surface area contributed by atoms with Gasteiger partial charge in [-0.1, -0.05) is 24.3 Å².